The van der Waals surface area contributed by atoms with Crippen LogP contribution in [0.3, 0.4) is 0 Å². The van der Waals surface area contributed by atoms with Crippen LogP contribution in [0, 0.1) is 0 Å². The van der Waals surface area contributed by atoms with Crippen LogP contribution in [-0.2, 0) is 14.0 Å². The van der Waals surface area contributed by atoms with Crippen LogP contribution in [0.5, 0.6) is 0 Å². The van der Waals surface area contributed by atoms with E-state index in [1.165, 1.54) is 6.42 Å². The van der Waals surface area contributed by atoms with E-state index in [1.54, 1.807) is 7.11 Å². The van der Waals surface area contributed by atoms with Crippen LogP contribution in [0.15, 0.2) is 0 Å². The molecule has 84 valence electrons. The smallest absolute Gasteiger partial charge is 0.389 e. The third-order valence-electron chi connectivity index (χ3n) is 2.42. The lowest BCUT2D eigenvalue weighted by molar-refractivity contribution is 0.00578. The quantitative estimate of drug-likeness (QED) is 0.611. The fourth-order valence-corrected chi connectivity index (χ4v) is 0.885. The van der Waals surface area contributed by atoms with Gasteiger partial charge in [0.25, 0.3) is 0 Å². The van der Waals surface area contributed by atoms with Gasteiger partial charge in [-0.05, 0) is 27.7 Å². The van der Waals surface area contributed by atoms with E-state index in [2.05, 4.69) is 13.8 Å². The van der Waals surface area contributed by atoms with E-state index in [9.17, 15) is 0 Å². The van der Waals surface area contributed by atoms with Gasteiger partial charge in [-0.1, -0.05) is 20.3 Å². The first kappa shape index (κ1) is 13.9. The summed E-state index contributed by atoms with van der Waals surface area (Å²) in [5.74, 6) is 0. The molecular weight excluding hydrogens is 179 g/mol. The van der Waals surface area contributed by atoms with Crippen molar-refractivity contribution in [3.05, 3.63) is 0 Å². The summed E-state index contributed by atoms with van der Waals surface area (Å²) in [6.45, 7) is 12.2. The summed E-state index contributed by atoms with van der Waals surface area (Å²) in [5.41, 5.74) is -0.568. The summed E-state index contributed by atoms with van der Waals surface area (Å²) >= 11 is 0. The Morgan fingerprint density at radius 3 is 1.43 bits per heavy atom. The van der Waals surface area contributed by atoms with Gasteiger partial charge in [-0.25, -0.2) is 0 Å². The minimum atomic E-state index is -0.514. The van der Waals surface area contributed by atoms with E-state index >= 15 is 0 Å². The van der Waals surface area contributed by atoms with Crippen LogP contribution < -0.4 is 0 Å². The van der Waals surface area contributed by atoms with Gasteiger partial charge in [0.15, 0.2) is 0 Å². The Hall–Kier alpha value is -0.0551. The van der Waals surface area contributed by atoms with E-state index in [0.29, 0.717) is 0 Å². The van der Waals surface area contributed by atoms with Gasteiger partial charge in [0.1, 0.15) is 0 Å². The molecule has 0 N–H and O–H groups in total. The molecule has 14 heavy (non-hydrogen) atoms. The Labute approximate surface area is 88.3 Å². The third-order valence-corrected chi connectivity index (χ3v) is 2.42. The van der Waals surface area contributed by atoms with Crippen molar-refractivity contribution in [1.82, 2.24) is 0 Å². The molecule has 0 spiro atoms. The second kappa shape index (κ2) is 5.15. The minimum Gasteiger partial charge on any atom is -0.389 e. The highest BCUT2D eigenvalue weighted by Gasteiger charge is 2.52. The Morgan fingerprint density at radius 1 is 1.00 bits per heavy atom. The molecular formula is C10H23BO3. The fraction of sp³-hybridized carbons (Fsp3) is 1.00. The summed E-state index contributed by atoms with van der Waals surface area (Å²) in [6.07, 6.45) is 1.25. The Morgan fingerprint density at radius 2 is 1.29 bits per heavy atom. The SMILES string of the molecule is CCC.COB1OC(C)(C)C(C)(C)O1. The molecule has 1 rings (SSSR count). The summed E-state index contributed by atoms with van der Waals surface area (Å²) < 4.78 is 15.9. The molecule has 0 amide bonds. The molecule has 0 aromatic rings. The molecule has 1 fully saturated rings. The molecule has 1 aliphatic heterocycles. The lowest BCUT2D eigenvalue weighted by atomic mass is 9.90. The van der Waals surface area contributed by atoms with Crippen LogP contribution in [0.25, 0.3) is 0 Å². The molecule has 0 saturated carbocycles. The van der Waals surface area contributed by atoms with E-state index < -0.39 is 7.32 Å². The van der Waals surface area contributed by atoms with E-state index in [4.69, 9.17) is 14.0 Å². The van der Waals surface area contributed by atoms with Gasteiger partial charge in [0.2, 0.25) is 0 Å². The van der Waals surface area contributed by atoms with Crippen molar-refractivity contribution in [2.24, 2.45) is 0 Å². The van der Waals surface area contributed by atoms with Gasteiger partial charge in [-0.3, -0.25) is 0 Å². The number of rotatable bonds is 1. The maximum atomic E-state index is 5.47. The molecule has 0 aliphatic carbocycles. The summed E-state index contributed by atoms with van der Waals surface area (Å²) in [6, 6.07) is 0. The van der Waals surface area contributed by atoms with Crippen molar-refractivity contribution < 1.29 is 14.0 Å². The van der Waals surface area contributed by atoms with Gasteiger partial charge < -0.3 is 14.0 Å². The van der Waals surface area contributed by atoms with Crippen LogP contribution in [0.4, 0.5) is 0 Å². The summed E-state index contributed by atoms with van der Waals surface area (Å²) in [5, 5.41) is 0. The van der Waals surface area contributed by atoms with Crippen molar-refractivity contribution in [2.75, 3.05) is 7.11 Å². The van der Waals surface area contributed by atoms with Gasteiger partial charge in [0, 0.05) is 7.11 Å². The summed E-state index contributed by atoms with van der Waals surface area (Å²) in [7, 11) is 1.06. The van der Waals surface area contributed by atoms with E-state index in [1.807, 2.05) is 27.7 Å². The van der Waals surface area contributed by atoms with Crippen LogP contribution >= 0.6 is 0 Å². The van der Waals surface area contributed by atoms with Gasteiger partial charge >= 0.3 is 7.32 Å². The number of hydrogen-bond donors (Lipinski definition) is 0. The summed E-state index contributed by atoms with van der Waals surface area (Å²) in [4.78, 5) is 0. The van der Waals surface area contributed by atoms with Gasteiger partial charge in [-0.2, -0.15) is 0 Å². The largest absolute Gasteiger partial charge is 0.640 e. The van der Waals surface area contributed by atoms with Crippen molar-refractivity contribution in [3.63, 3.8) is 0 Å². The monoisotopic (exact) mass is 202 g/mol. The second-order valence-electron chi connectivity index (χ2n) is 4.49. The molecule has 0 aromatic heterocycles. The van der Waals surface area contributed by atoms with E-state index in [0.717, 1.165) is 0 Å². The van der Waals surface area contributed by atoms with E-state index in [-0.39, 0.29) is 11.2 Å². The van der Waals surface area contributed by atoms with Crippen molar-refractivity contribution >= 4 is 7.32 Å². The molecule has 4 heteroatoms. The van der Waals surface area contributed by atoms with Gasteiger partial charge in [-0.15, -0.1) is 0 Å². The van der Waals surface area contributed by atoms with Crippen molar-refractivity contribution in [3.8, 4) is 0 Å². The first-order valence-electron chi connectivity index (χ1n) is 5.19. The molecule has 1 saturated heterocycles. The van der Waals surface area contributed by atoms with Crippen molar-refractivity contribution in [1.29, 1.82) is 0 Å². The molecule has 0 atom stereocenters. The Balaban J connectivity index is 0.000000500. The minimum absolute atomic E-state index is 0.284. The highest BCUT2D eigenvalue weighted by atomic mass is 16.8. The second-order valence-corrected chi connectivity index (χ2v) is 4.49. The predicted octanol–water partition coefficient (Wildman–Crippen LogP) is 2.64. The average Bonchev–Trinajstić information content (AvgIpc) is 2.23. The average molecular weight is 202 g/mol. The lowest BCUT2D eigenvalue weighted by Gasteiger charge is -2.31. The maximum Gasteiger partial charge on any atom is 0.640 e. The molecule has 1 heterocycles. The maximum absolute atomic E-state index is 5.47. The Kier molecular flexibility index (Phi) is 5.13. The van der Waals surface area contributed by atoms with Crippen LogP contribution in [0.2, 0.25) is 0 Å². The third kappa shape index (κ3) is 3.26. The zero-order chi connectivity index (χ0) is 11.4. The molecule has 0 aromatic carbocycles. The molecule has 3 nitrogen and oxygen atoms in total. The lowest BCUT2D eigenvalue weighted by Crippen LogP contribution is -2.41. The highest BCUT2D eigenvalue weighted by molar-refractivity contribution is 6.37. The zero-order valence-corrected chi connectivity index (χ0v) is 10.5. The molecule has 0 unspecified atom stereocenters. The van der Waals surface area contributed by atoms with Gasteiger partial charge in [0.05, 0.1) is 11.2 Å². The normalized spacial score (nSPS) is 22.9. The zero-order valence-electron chi connectivity index (χ0n) is 10.5. The number of hydrogen-bond acceptors (Lipinski definition) is 3. The molecule has 0 radical (unpaired) electrons. The fourth-order valence-electron chi connectivity index (χ4n) is 0.885. The van der Waals surface area contributed by atoms with Crippen molar-refractivity contribution in [2.45, 2.75) is 59.2 Å². The first-order valence-corrected chi connectivity index (χ1v) is 5.19. The standard InChI is InChI=1S/C7H15BO3.C3H8/c1-6(2)7(3,4)11-8(9-5)10-6;1-3-2/h1-5H3;3H2,1-2H3. The van der Waals surface area contributed by atoms with Crippen LogP contribution in [-0.4, -0.2) is 25.6 Å². The highest BCUT2D eigenvalue weighted by Crippen LogP contribution is 2.36. The van der Waals surface area contributed by atoms with Crippen LogP contribution in [0.1, 0.15) is 48.0 Å². The topological polar surface area (TPSA) is 27.7 Å². The first-order chi connectivity index (χ1) is 6.30. The molecule has 0 bridgehead atoms. The molecule has 1 aliphatic rings. The predicted molar refractivity (Wildman–Crippen MR) is 59.1 cm³/mol. The Bertz CT molecular complexity index is 153.